The Labute approximate surface area is 154 Å². The Morgan fingerprint density at radius 1 is 1.12 bits per heavy atom. The van der Waals surface area contributed by atoms with Crippen molar-refractivity contribution < 1.29 is 19.1 Å². The Morgan fingerprint density at radius 2 is 1.77 bits per heavy atom. The first-order valence-electron chi connectivity index (χ1n) is 9.05. The van der Waals surface area contributed by atoms with Crippen molar-refractivity contribution in [3.8, 4) is 0 Å². The zero-order valence-corrected chi connectivity index (χ0v) is 15.8. The lowest BCUT2D eigenvalue weighted by Gasteiger charge is -2.34. The third-order valence-corrected chi connectivity index (χ3v) is 4.20. The topological polar surface area (TPSA) is 84.9 Å². The first kappa shape index (κ1) is 20.1. The molecule has 26 heavy (non-hydrogen) atoms. The summed E-state index contributed by atoms with van der Waals surface area (Å²) >= 11 is 0. The van der Waals surface area contributed by atoms with Crippen molar-refractivity contribution in [3.63, 3.8) is 0 Å². The van der Waals surface area contributed by atoms with Gasteiger partial charge in [0.2, 0.25) is 5.95 Å². The summed E-state index contributed by atoms with van der Waals surface area (Å²) in [5.41, 5.74) is 0. The van der Waals surface area contributed by atoms with Crippen LogP contribution in [-0.2, 0) is 19.1 Å². The number of carbonyl (C=O) groups is 2. The van der Waals surface area contributed by atoms with Crippen LogP contribution in [0.4, 0.5) is 5.95 Å². The molecule has 8 heteroatoms. The summed E-state index contributed by atoms with van der Waals surface area (Å²) < 4.78 is 10.5. The minimum absolute atomic E-state index is 0.193. The van der Waals surface area contributed by atoms with Gasteiger partial charge in [0, 0.05) is 45.2 Å². The predicted molar refractivity (Wildman–Crippen MR) is 96.7 cm³/mol. The van der Waals surface area contributed by atoms with Crippen LogP contribution in [0.1, 0.15) is 27.2 Å². The summed E-state index contributed by atoms with van der Waals surface area (Å²) in [4.78, 5) is 36.3. The number of hydrogen-bond acceptors (Lipinski definition) is 7. The Bertz CT molecular complexity index is 574. The number of amides is 1. The highest BCUT2D eigenvalue weighted by Crippen LogP contribution is 2.10. The van der Waals surface area contributed by atoms with E-state index >= 15 is 0 Å². The van der Waals surface area contributed by atoms with Gasteiger partial charge in [-0.05, 0) is 25.3 Å². The van der Waals surface area contributed by atoms with Gasteiger partial charge in [0.25, 0.3) is 5.91 Å². The van der Waals surface area contributed by atoms with Crippen molar-refractivity contribution in [1.29, 1.82) is 0 Å². The Kier molecular flexibility index (Phi) is 7.77. The molecule has 1 aliphatic rings. The van der Waals surface area contributed by atoms with Gasteiger partial charge in [0.15, 0.2) is 12.7 Å². The monoisotopic (exact) mass is 364 g/mol. The molecule has 2 heterocycles. The second kappa shape index (κ2) is 10.1. The van der Waals surface area contributed by atoms with Crippen LogP contribution in [-0.4, -0.2) is 72.2 Å². The van der Waals surface area contributed by atoms with E-state index in [4.69, 9.17) is 9.47 Å². The molecule has 0 N–H and O–H groups in total. The zero-order chi connectivity index (χ0) is 18.9. The Balaban J connectivity index is 1.68. The van der Waals surface area contributed by atoms with Gasteiger partial charge in [-0.1, -0.05) is 13.8 Å². The summed E-state index contributed by atoms with van der Waals surface area (Å²) in [6, 6.07) is 1.77. The lowest BCUT2D eigenvalue weighted by molar-refractivity contribution is -0.161. The molecule has 1 saturated heterocycles. The van der Waals surface area contributed by atoms with E-state index in [0.717, 1.165) is 6.42 Å². The van der Waals surface area contributed by atoms with E-state index in [-0.39, 0.29) is 12.5 Å². The molecule has 1 aliphatic heterocycles. The normalized spacial score (nSPS) is 15.8. The van der Waals surface area contributed by atoms with Crippen molar-refractivity contribution in [3.05, 3.63) is 18.5 Å². The number of rotatable bonds is 8. The van der Waals surface area contributed by atoms with Gasteiger partial charge in [-0.25, -0.2) is 14.8 Å². The first-order valence-corrected chi connectivity index (χ1v) is 9.05. The van der Waals surface area contributed by atoms with Crippen LogP contribution < -0.4 is 4.90 Å². The average Bonchev–Trinajstić information content (AvgIpc) is 2.66. The minimum atomic E-state index is -0.659. The highest BCUT2D eigenvalue weighted by molar-refractivity contribution is 5.82. The summed E-state index contributed by atoms with van der Waals surface area (Å²) in [6.07, 6.45) is 3.62. The predicted octanol–water partition coefficient (Wildman–Crippen LogP) is 1.12. The first-order chi connectivity index (χ1) is 12.5. The maximum atomic E-state index is 12.2. The highest BCUT2D eigenvalue weighted by Gasteiger charge is 2.24. The molecule has 1 atom stereocenters. The van der Waals surface area contributed by atoms with Gasteiger partial charge in [-0.2, -0.15) is 0 Å². The second-order valence-electron chi connectivity index (χ2n) is 6.72. The van der Waals surface area contributed by atoms with Crippen LogP contribution in [0.3, 0.4) is 0 Å². The van der Waals surface area contributed by atoms with E-state index in [1.165, 1.54) is 0 Å². The fourth-order valence-corrected chi connectivity index (χ4v) is 2.50. The molecular formula is C18H28N4O4. The van der Waals surface area contributed by atoms with E-state index in [1.54, 1.807) is 30.3 Å². The molecule has 0 bridgehead atoms. The van der Waals surface area contributed by atoms with Crippen molar-refractivity contribution >= 4 is 17.8 Å². The summed E-state index contributed by atoms with van der Waals surface area (Å²) in [5, 5.41) is 0. The SMILES string of the molecule is CC(C)CCOC(C)C(=O)OCC(=O)N1CCN(c2ncccn2)CC1. The van der Waals surface area contributed by atoms with Crippen LogP contribution in [0.2, 0.25) is 0 Å². The maximum Gasteiger partial charge on any atom is 0.335 e. The molecule has 0 radical (unpaired) electrons. The van der Waals surface area contributed by atoms with Crippen LogP contribution in [0.25, 0.3) is 0 Å². The minimum Gasteiger partial charge on any atom is -0.454 e. The summed E-state index contributed by atoms with van der Waals surface area (Å²) in [5.74, 6) is 0.484. The van der Waals surface area contributed by atoms with E-state index in [2.05, 4.69) is 23.8 Å². The Morgan fingerprint density at radius 3 is 2.38 bits per heavy atom. The van der Waals surface area contributed by atoms with E-state index < -0.39 is 12.1 Å². The van der Waals surface area contributed by atoms with Crippen molar-refractivity contribution in [2.24, 2.45) is 5.92 Å². The quantitative estimate of drug-likeness (QED) is 0.639. The Hall–Kier alpha value is -2.22. The van der Waals surface area contributed by atoms with E-state index in [1.807, 2.05) is 4.90 Å². The highest BCUT2D eigenvalue weighted by atomic mass is 16.6. The van der Waals surface area contributed by atoms with E-state index in [9.17, 15) is 9.59 Å². The maximum absolute atomic E-state index is 12.2. The molecule has 144 valence electrons. The van der Waals surface area contributed by atoms with Crippen LogP contribution in [0.5, 0.6) is 0 Å². The van der Waals surface area contributed by atoms with E-state index in [0.29, 0.717) is 44.7 Å². The number of aromatic nitrogens is 2. The van der Waals surface area contributed by atoms with Crippen molar-refractivity contribution in [2.45, 2.75) is 33.3 Å². The van der Waals surface area contributed by atoms with Gasteiger partial charge in [0.1, 0.15) is 0 Å². The molecule has 0 aromatic carbocycles. The largest absolute Gasteiger partial charge is 0.454 e. The third-order valence-electron chi connectivity index (χ3n) is 4.20. The van der Waals surface area contributed by atoms with Crippen molar-refractivity contribution in [2.75, 3.05) is 44.3 Å². The van der Waals surface area contributed by atoms with Crippen LogP contribution in [0, 0.1) is 5.92 Å². The number of anilines is 1. The lowest BCUT2D eigenvalue weighted by Crippen LogP contribution is -2.50. The summed E-state index contributed by atoms with van der Waals surface area (Å²) in [6.45, 7) is 8.49. The van der Waals surface area contributed by atoms with Crippen LogP contribution in [0.15, 0.2) is 18.5 Å². The molecule has 0 spiro atoms. The molecule has 1 unspecified atom stereocenters. The fraction of sp³-hybridized carbons (Fsp3) is 0.667. The number of carbonyl (C=O) groups excluding carboxylic acids is 2. The molecule has 1 fully saturated rings. The van der Waals surface area contributed by atoms with Gasteiger partial charge < -0.3 is 19.3 Å². The summed E-state index contributed by atoms with van der Waals surface area (Å²) in [7, 11) is 0. The number of hydrogen-bond donors (Lipinski definition) is 0. The molecular weight excluding hydrogens is 336 g/mol. The smallest absolute Gasteiger partial charge is 0.335 e. The molecule has 8 nitrogen and oxygen atoms in total. The molecule has 1 aromatic rings. The van der Waals surface area contributed by atoms with Crippen molar-refractivity contribution in [1.82, 2.24) is 14.9 Å². The van der Waals surface area contributed by atoms with Crippen LogP contribution >= 0.6 is 0 Å². The third kappa shape index (κ3) is 6.25. The van der Waals surface area contributed by atoms with Gasteiger partial charge in [-0.15, -0.1) is 0 Å². The molecule has 1 amide bonds. The number of piperazine rings is 1. The molecule has 2 rings (SSSR count). The lowest BCUT2D eigenvalue weighted by atomic mass is 10.1. The van der Waals surface area contributed by atoms with Gasteiger partial charge >= 0.3 is 5.97 Å². The standard InChI is InChI=1S/C18H28N4O4/c1-14(2)5-12-25-15(3)17(24)26-13-16(23)21-8-10-22(11-9-21)18-19-6-4-7-20-18/h4,6-7,14-15H,5,8-13H2,1-3H3. The molecule has 0 aliphatic carbocycles. The zero-order valence-electron chi connectivity index (χ0n) is 15.8. The number of esters is 1. The number of ether oxygens (including phenoxy) is 2. The molecule has 0 saturated carbocycles. The second-order valence-corrected chi connectivity index (χ2v) is 6.72. The fourth-order valence-electron chi connectivity index (χ4n) is 2.50. The average molecular weight is 364 g/mol. The number of nitrogens with zero attached hydrogens (tertiary/aromatic N) is 4. The molecule has 1 aromatic heterocycles. The van der Waals surface area contributed by atoms with Gasteiger partial charge in [-0.3, -0.25) is 4.79 Å². The van der Waals surface area contributed by atoms with Gasteiger partial charge in [0.05, 0.1) is 0 Å².